The number of fused-ring (bicyclic) bond motifs is 1. The van der Waals surface area contributed by atoms with Crippen LogP contribution in [0.5, 0.6) is 5.75 Å². The van der Waals surface area contributed by atoms with Gasteiger partial charge in [-0.2, -0.15) is 5.26 Å². The van der Waals surface area contributed by atoms with Crippen molar-refractivity contribution in [1.29, 1.82) is 5.26 Å². The van der Waals surface area contributed by atoms with Gasteiger partial charge in [0.1, 0.15) is 29.9 Å². The summed E-state index contributed by atoms with van der Waals surface area (Å²) in [5, 5.41) is 9.74. The zero-order valence-corrected chi connectivity index (χ0v) is 10.7. The number of hydrogen-bond donors (Lipinski definition) is 1. The highest BCUT2D eigenvalue weighted by Gasteiger charge is 2.14. The lowest BCUT2D eigenvalue weighted by molar-refractivity contribution is 0.152. The van der Waals surface area contributed by atoms with Crippen LogP contribution in [0.2, 0.25) is 0 Å². The molecular formula is C13H12FN3O3. The fourth-order valence-corrected chi connectivity index (χ4v) is 2.03. The molecule has 0 bridgehead atoms. The van der Waals surface area contributed by atoms with Crippen molar-refractivity contribution in [3.63, 3.8) is 0 Å². The highest BCUT2D eigenvalue weighted by atomic mass is 19.1. The number of carbonyl (C=O) groups excluding carboxylic acids is 1. The fraction of sp³-hybridized carbons (Fsp3) is 0.231. The quantitative estimate of drug-likeness (QED) is 0.921. The number of hydrogen-bond acceptors (Lipinski definition) is 4. The Balaban J connectivity index is 2.49. The Morgan fingerprint density at radius 2 is 2.25 bits per heavy atom. The predicted octanol–water partition coefficient (Wildman–Crippen LogP) is 1.76. The van der Waals surface area contributed by atoms with Crippen molar-refractivity contribution in [3.05, 3.63) is 29.7 Å². The van der Waals surface area contributed by atoms with E-state index >= 15 is 0 Å². The molecule has 20 heavy (non-hydrogen) atoms. The van der Waals surface area contributed by atoms with E-state index in [1.807, 2.05) is 6.07 Å². The number of aromatic nitrogens is 1. The van der Waals surface area contributed by atoms with E-state index in [4.69, 9.17) is 15.7 Å². The van der Waals surface area contributed by atoms with Crippen LogP contribution in [0.1, 0.15) is 5.69 Å². The maximum Gasteiger partial charge on any atom is 0.404 e. The molecule has 0 saturated carbocycles. The van der Waals surface area contributed by atoms with Crippen molar-refractivity contribution in [1.82, 2.24) is 4.57 Å². The van der Waals surface area contributed by atoms with Gasteiger partial charge in [0.25, 0.3) is 0 Å². The zero-order valence-electron chi connectivity index (χ0n) is 10.7. The van der Waals surface area contributed by atoms with E-state index in [2.05, 4.69) is 4.74 Å². The maximum atomic E-state index is 13.5. The summed E-state index contributed by atoms with van der Waals surface area (Å²) in [4.78, 5) is 10.5. The minimum Gasteiger partial charge on any atom is -0.496 e. The third-order valence-corrected chi connectivity index (χ3v) is 2.84. The number of nitrogens with two attached hydrogens (primary N) is 1. The Bertz CT molecular complexity index is 703. The highest BCUT2D eigenvalue weighted by Crippen LogP contribution is 2.30. The summed E-state index contributed by atoms with van der Waals surface area (Å²) in [5.41, 5.74) is 5.68. The molecular weight excluding hydrogens is 265 g/mol. The molecule has 6 nitrogen and oxygen atoms in total. The van der Waals surface area contributed by atoms with Crippen molar-refractivity contribution in [3.8, 4) is 11.8 Å². The van der Waals surface area contributed by atoms with Crippen LogP contribution in [0.15, 0.2) is 18.2 Å². The summed E-state index contributed by atoms with van der Waals surface area (Å²) in [6.45, 7) is 0.189. The molecule has 0 saturated heterocycles. The standard InChI is InChI=1S/C13H12FN3O3/c1-19-12-5-8(14)4-11-10(12)6-9(7-15)17(11)2-3-20-13(16)18/h4-6H,2-3H2,1H3,(H2,16,18). The van der Waals surface area contributed by atoms with Gasteiger partial charge in [0.15, 0.2) is 0 Å². The Hall–Kier alpha value is -2.75. The zero-order chi connectivity index (χ0) is 14.7. The van der Waals surface area contributed by atoms with E-state index in [0.717, 1.165) is 0 Å². The van der Waals surface area contributed by atoms with Gasteiger partial charge in [-0.15, -0.1) is 0 Å². The maximum absolute atomic E-state index is 13.5. The summed E-state index contributed by atoms with van der Waals surface area (Å²) >= 11 is 0. The Morgan fingerprint density at radius 3 is 2.85 bits per heavy atom. The number of benzene rings is 1. The summed E-state index contributed by atoms with van der Waals surface area (Å²) in [5.74, 6) is -0.139. The van der Waals surface area contributed by atoms with Crippen LogP contribution in [0.25, 0.3) is 10.9 Å². The normalized spacial score (nSPS) is 10.2. The number of primary amides is 1. The number of rotatable bonds is 4. The molecule has 0 radical (unpaired) electrons. The molecule has 7 heteroatoms. The SMILES string of the molecule is COc1cc(F)cc2c1cc(C#N)n2CCOC(N)=O. The lowest BCUT2D eigenvalue weighted by Gasteiger charge is -2.08. The van der Waals surface area contributed by atoms with Gasteiger partial charge in [-0.05, 0) is 12.1 Å². The second-order valence-corrected chi connectivity index (χ2v) is 4.00. The number of amides is 1. The molecule has 104 valence electrons. The van der Waals surface area contributed by atoms with Crippen LogP contribution in [-0.4, -0.2) is 24.4 Å². The molecule has 2 N–H and O–H groups in total. The molecule has 2 rings (SSSR count). The molecule has 0 atom stereocenters. The first-order valence-electron chi connectivity index (χ1n) is 5.76. The topological polar surface area (TPSA) is 90.3 Å². The molecule has 1 aromatic heterocycles. The van der Waals surface area contributed by atoms with Crippen molar-refractivity contribution < 1.29 is 18.7 Å². The molecule has 0 aliphatic heterocycles. The predicted molar refractivity (Wildman–Crippen MR) is 68.7 cm³/mol. The number of ether oxygens (including phenoxy) is 2. The molecule has 2 aromatic rings. The van der Waals surface area contributed by atoms with Crippen LogP contribution >= 0.6 is 0 Å². The molecule has 1 aromatic carbocycles. The average Bonchev–Trinajstić information content (AvgIpc) is 2.75. The number of carbonyl (C=O) groups is 1. The number of halogens is 1. The fourth-order valence-electron chi connectivity index (χ4n) is 2.03. The van der Waals surface area contributed by atoms with Gasteiger partial charge in [0.2, 0.25) is 0 Å². The molecule has 0 spiro atoms. The summed E-state index contributed by atoms with van der Waals surface area (Å²) < 4.78 is 24.8. The monoisotopic (exact) mass is 277 g/mol. The summed E-state index contributed by atoms with van der Waals surface area (Å²) in [6, 6.07) is 6.14. The number of nitriles is 1. The first-order valence-corrected chi connectivity index (χ1v) is 5.76. The highest BCUT2D eigenvalue weighted by molar-refractivity contribution is 5.88. The third-order valence-electron chi connectivity index (χ3n) is 2.84. The van der Waals surface area contributed by atoms with Gasteiger partial charge in [-0.1, -0.05) is 0 Å². The number of nitrogens with zero attached hydrogens (tertiary/aromatic N) is 2. The summed E-state index contributed by atoms with van der Waals surface area (Å²) in [7, 11) is 1.42. The molecule has 0 unspecified atom stereocenters. The average molecular weight is 277 g/mol. The first kappa shape index (κ1) is 13.7. The van der Waals surface area contributed by atoms with E-state index in [1.54, 1.807) is 10.6 Å². The largest absolute Gasteiger partial charge is 0.496 e. The molecule has 0 fully saturated rings. The Kier molecular flexibility index (Phi) is 3.75. The van der Waals surface area contributed by atoms with E-state index < -0.39 is 11.9 Å². The van der Waals surface area contributed by atoms with Gasteiger partial charge in [-0.3, -0.25) is 0 Å². The van der Waals surface area contributed by atoms with Gasteiger partial charge in [0, 0.05) is 11.5 Å². The molecule has 0 aliphatic carbocycles. The van der Waals surface area contributed by atoms with Crippen molar-refractivity contribution in [2.75, 3.05) is 13.7 Å². The van der Waals surface area contributed by atoms with Crippen LogP contribution in [0, 0.1) is 17.1 Å². The van der Waals surface area contributed by atoms with Crippen LogP contribution in [0.4, 0.5) is 9.18 Å². The van der Waals surface area contributed by atoms with E-state index in [-0.39, 0.29) is 13.2 Å². The van der Waals surface area contributed by atoms with E-state index in [0.29, 0.717) is 22.3 Å². The number of methoxy groups -OCH3 is 1. The van der Waals surface area contributed by atoms with Crippen LogP contribution < -0.4 is 10.5 Å². The molecule has 1 amide bonds. The van der Waals surface area contributed by atoms with Gasteiger partial charge >= 0.3 is 6.09 Å². The van der Waals surface area contributed by atoms with Crippen LogP contribution in [-0.2, 0) is 11.3 Å². The van der Waals surface area contributed by atoms with E-state index in [1.165, 1.54) is 19.2 Å². The van der Waals surface area contributed by atoms with Gasteiger partial charge in [0.05, 0.1) is 19.2 Å². The smallest absolute Gasteiger partial charge is 0.404 e. The van der Waals surface area contributed by atoms with Gasteiger partial charge < -0.3 is 19.8 Å². The second kappa shape index (κ2) is 5.48. The van der Waals surface area contributed by atoms with Crippen molar-refractivity contribution in [2.24, 2.45) is 5.73 Å². The third kappa shape index (κ3) is 2.49. The van der Waals surface area contributed by atoms with Gasteiger partial charge in [-0.25, -0.2) is 9.18 Å². The lowest BCUT2D eigenvalue weighted by atomic mass is 10.2. The van der Waals surface area contributed by atoms with Crippen molar-refractivity contribution in [2.45, 2.75) is 6.54 Å². The van der Waals surface area contributed by atoms with E-state index in [9.17, 15) is 9.18 Å². The van der Waals surface area contributed by atoms with Crippen molar-refractivity contribution >= 4 is 17.0 Å². The molecule has 0 aliphatic rings. The lowest BCUT2D eigenvalue weighted by Crippen LogP contribution is -2.17. The summed E-state index contributed by atoms with van der Waals surface area (Å²) in [6.07, 6.45) is -0.899. The molecule has 1 heterocycles. The van der Waals surface area contributed by atoms with Crippen LogP contribution in [0.3, 0.4) is 0 Å². The Morgan fingerprint density at radius 1 is 1.50 bits per heavy atom. The minimum absolute atomic E-state index is 0.00732. The Labute approximate surface area is 114 Å². The second-order valence-electron chi connectivity index (χ2n) is 4.00. The first-order chi connectivity index (χ1) is 9.56. The minimum atomic E-state index is -0.899.